The van der Waals surface area contributed by atoms with Crippen molar-refractivity contribution >= 4 is 35.0 Å². The maximum Gasteiger partial charge on any atom is 0.255 e. The van der Waals surface area contributed by atoms with Crippen molar-refractivity contribution in [2.24, 2.45) is 5.92 Å². The van der Waals surface area contributed by atoms with Crippen LogP contribution >= 0.6 is 23.2 Å². The third kappa shape index (κ3) is 4.92. The minimum atomic E-state index is -0.0963. The second-order valence-corrected chi connectivity index (χ2v) is 8.18. The molecule has 1 aliphatic heterocycles. The lowest BCUT2D eigenvalue weighted by atomic mass is 9.86. The highest BCUT2D eigenvalue weighted by atomic mass is 35.5. The van der Waals surface area contributed by atoms with Gasteiger partial charge in [-0.2, -0.15) is 0 Å². The Hall–Kier alpha value is -1.26. The Morgan fingerprint density at radius 3 is 2.27 bits per heavy atom. The number of hydrogen-bond acceptors (Lipinski definition) is 2. The summed E-state index contributed by atoms with van der Waals surface area (Å²) in [7, 11) is 0. The number of piperazine rings is 1. The monoisotopic (exact) mass is 396 g/mol. The normalized spacial score (nSPS) is 18.8. The fourth-order valence-corrected chi connectivity index (χ4v) is 4.44. The van der Waals surface area contributed by atoms with Crippen LogP contribution in [-0.2, 0) is 4.79 Å². The largest absolute Gasteiger partial charge is 0.339 e. The van der Waals surface area contributed by atoms with Gasteiger partial charge in [0.25, 0.3) is 5.91 Å². The molecule has 0 bridgehead atoms. The molecule has 142 valence electrons. The van der Waals surface area contributed by atoms with Crippen LogP contribution in [0.2, 0.25) is 10.0 Å². The Bertz CT molecular complexity index is 651. The average molecular weight is 397 g/mol. The van der Waals surface area contributed by atoms with Gasteiger partial charge in [0, 0.05) is 37.6 Å². The van der Waals surface area contributed by atoms with Crippen molar-refractivity contribution in [2.75, 3.05) is 26.2 Å². The van der Waals surface area contributed by atoms with E-state index in [1.165, 1.54) is 32.1 Å². The van der Waals surface area contributed by atoms with E-state index in [1.807, 2.05) is 4.90 Å². The first kappa shape index (κ1) is 19.5. The first-order valence-electron chi connectivity index (χ1n) is 9.56. The summed E-state index contributed by atoms with van der Waals surface area (Å²) >= 11 is 12.0. The highest BCUT2D eigenvalue weighted by molar-refractivity contribution is 6.36. The number of carbonyl (C=O) groups excluding carboxylic acids is 2. The van der Waals surface area contributed by atoms with Crippen LogP contribution < -0.4 is 0 Å². The highest BCUT2D eigenvalue weighted by Crippen LogP contribution is 2.28. The van der Waals surface area contributed by atoms with E-state index in [2.05, 4.69) is 0 Å². The molecule has 0 N–H and O–H groups in total. The summed E-state index contributed by atoms with van der Waals surface area (Å²) in [6.45, 7) is 2.29. The molecule has 2 amide bonds. The van der Waals surface area contributed by atoms with E-state index in [9.17, 15) is 9.59 Å². The van der Waals surface area contributed by atoms with Crippen LogP contribution in [0.15, 0.2) is 18.2 Å². The summed E-state index contributed by atoms with van der Waals surface area (Å²) in [6, 6.07) is 4.92. The minimum absolute atomic E-state index is 0.0963. The van der Waals surface area contributed by atoms with Crippen molar-refractivity contribution in [3.8, 4) is 0 Å². The zero-order chi connectivity index (χ0) is 18.5. The summed E-state index contributed by atoms with van der Waals surface area (Å²) in [5.41, 5.74) is 0.466. The Labute approximate surface area is 165 Å². The molecule has 1 aromatic rings. The summed E-state index contributed by atoms with van der Waals surface area (Å²) in [5.74, 6) is 0.857. The topological polar surface area (TPSA) is 40.6 Å². The Morgan fingerprint density at radius 1 is 0.962 bits per heavy atom. The maximum atomic E-state index is 12.6. The predicted octanol–water partition coefficient (Wildman–Crippen LogP) is 4.64. The van der Waals surface area contributed by atoms with Crippen LogP contribution in [0.3, 0.4) is 0 Å². The van der Waals surface area contributed by atoms with Crippen molar-refractivity contribution in [3.05, 3.63) is 33.8 Å². The number of nitrogens with zero attached hydrogens (tertiary/aromatic N) is 2. The zero-order valence-corrected chi connectivity index (χ0v) is 16.6. The van der Waals surface area contributed by atoms with Crippen LogP contribution in [0.4, 0.5) is 0 Å². The number of amides is 2. The van der Waals surface area contributed by atoms with Crippen LogP contribution in [0.1, 0.15) is 55.3 Å². The molecule has 1 heterocycles. The molecule has 26 heavy (non-hydrogen) atoms. The van der Waals surface area contributed by atoms with E-state index < -0.39 is 0 Å². The fourth-order valence-electron chi connectivity index (χ4n) is 3.95. The molecule has 0 atom stereocenters. The molecule has 1 saturated heterocycles. The molecule has 1 saturated carbocycles. The number of carbonyl (C=O) groups is 2. The molecule has 2 aliphatic rings. The molecule has 0 spiro atoms. The van der Waals surface area contributed by atoms with Crippen LogP contribution in [0, 0.1) is 5.92 Å². The van der Waals surface area contributed by atoms with Gasteiger partial charge in [0.15, 0.2) is 0 Å². The van der Waals surface area contributed by atoms with E-state index in [0.717, 1.165) is 12.3 Å². The van der Waals surface area contributed by atoms with E-state index >= 15 is 0 Å². The predicted molar refractivity (Wildman–Crippen MR) is 105 cm³/mol. The number of rotatable bonds is 4. The highest BCUT2D eigenvalue weighted by Gasteiger charge is 2.26. The molecule has 3 rings (SSSR count). The molecular weight excluding hydrogens is 371 g/mol. The average Bonchev–Trinajstić information content (AvgIpc) is 2.66. The standard InChI is InChI=1S/C20H26Cl2N2O2/c21-16-7-8-17(18(22)14-16)20(26)24-12-10-23(11-13-24)19(25)9-6-15-4-2-1-3-5-15/h7-8,14-15H,1-6,9-13H2. The van der Waals surface area contributed by atoms with Gasteiger partial charge in [-0.05, 0) is 30.5 Å². The Kier molecular flexibility index (Phi) is 6.82. The molecule has 0 aromatic heterocycles. The smallest absolute Gasteiger partial charge is 0.255 e. The fraction of sp³-hybridized carbons (Fsp3) is 0.600. The lowest BCUT2D eigenvalue weighted by Gasteiger charge is -2.35. The third-order valence-electron chi connectivity index (χ3n) is 5.57. The van der Waals surface area contributed by atoms with Crippen molar-refractivity contribution in [1.82, 2.24) is 9.80 Å². The van der Waals surface area contributed by atoms with E-state index in [0.29, 0.717) is 48.2 Å². The van der Waals surface area contributed by atoms with Crippen LogP contribution in [0.25, 0.3) is 0 Å². The van der Waals surface area contributed by atoms with Gasteiger partial charge in [0.2, 0.25) is 5.91 Å². The summed E-state index contributed by atoms with van der Waals surface area (Å²) in [6.07, 6.45) is 8.17. The Morgan fingerprint density at radius 2 is 1.62 bits per heavy atom. The first-order valence-corrected chi connectivity index (χ1v) is 10.3. The van der Waals surface area contributed by atoms with E-state index in [-0.39, 0.29) is 11.8 Å². The van der Waals surface area contributed by atoms with Gasteiger partial charge in [0.1, 0.15) is 0 Å². The molecule has 0 unspecified atom stereocenters. The summed E-state index contributed by atoms with van der Waals surface area (Å²) in [4.78, 5) is 28.8. The van der Waals surface area contributed by atoms with Crippen LogP contribution in [-0.4, -0.2) is 47.8 Å². The van der Waals surface area contributed by atoms with Gasteiger partial charge in [-0.25, -0.2) is 0 Å². The lowest BCUT2D eigenvalue weighted by molar-refractivity contribution is -0.133. The summed E-state index contributed by atoms with van der Waals surface area (Å²) in [5, 5.41) is 0.883. The summed E-state index contributed by atoms with van der Waals surface area (Å²) < 4.78 is 0. The van der Waals surface area contributed by atoms with Crippen molar-refractivity contribution in [3.63, 3.8) is 0 Å². The van der Waals surface area contributed by atoms with Crippen LogP contribution in [0.5, 0.6) is 0 Å². The SMILES string of the molecule is O=C(CCC1CCCCC1)N1CCN(C(=O)c2ccc(Cl)cc2Cl)CC1. The maximum absolute atomic E-state index is 12.6. The van der Waals surface area contributed by atoms with Crippen molar-refractivity contribution in [1.29, 1.82) is 0 Å². The molecule has 4 nitrogen and oxygen atoms in total. The number of hydrogen-bond donors (Lipinski definition) is 0. The van der Waals surface area contributed by atoms with Crippen molar-refractivity contribution < 1.29 is 9.59 Å². The van der Waals surface area contributed by atoms with Gasteiger partial charge in [-0.3, -0.25) is 9.59 Å². The van der Waals surface area contributed by atoms with Gasteiger partial charge >= 0.3 is 0 Å². The molecule has 1 aromatic carbocycles. The third-order valence-corrected chi connectivity index (χ3v) is 6.12. The number of benzene rings is 1. The lowest BCUT2D eigenvalue weighted by Crippen LogP contribution is -2.50. The molecular formula is C20H26Cl2N2O2. The second-order valence-electron chi connectivity index (χ2n) is 7.34. The molecule has 1 aliphatic carbocycles. The van der Waals surface area contributed by atoms with Gasteiger partial charge in [0.05, 0.1) is 10.6 Å². The van der Waals surface area contributed by atoms with Crippen molar-refractivity contribution in [2.45, 2.75) is 44.9 Å². The van der Waals surface area contributed by atoms with E-state index in [1.54, 1.807) is 23.1 Å². The quantitative estimate of drug-likeness (QED) is 0.743. The molecule has 6 heteroatoms. The molecule has 0 radical (unpaired) electrons. The van der Waals surface area contributed by atoms with Gasteiger partial charge in [-0.15, -0.1) is 0 Å². The van der Waals surface area contributed by atoms with Gasteiger partial charge < -0.3 is 9.80 Å². The Balaban J connectivity index is 1.47. The second kappa shape index (κ2) is 9.09. The minimum Gasteiger partial charge on any atom is -0.339 e. The number of halogens is 2. The first-order chi connectivity index (χ1) is 12.5. The zero-order valence-electron chi connectivity index (χ0n) is 15.1. The van der Waals surface area contributed by atoms with E-state index in [4.69, 9.17) is 23.2 Å². The van der Waals surface area contributed by atoms with Gasteiger partial charge in [-0.1, -0.05) is 55.3 Å². The molecule has 2 fully saturated rings.